The van der Waals surface area contributed by atoms with Gasteiger partial charge in [0.05, 0.1) is 6.26 Å². The molecule has 0 aliphatic heterocycles. The van der Waals surface area contributed by atoms with Crippen LogP contribution in [0, 0.1) is 5.92 Å². The second-order valence-electron chi connectivity index (χ2n) is 3.12. The largest absolute Gasteiger partial charge is 0.461 e. The molecule has 0 aromatic carbocycles. The van der Waals surface area contributed by atoms with Crippen molar-refractivity contribution in [3.8, 4) is 0 Å². The molecule has 2 nitrogen and oxygen atoms in total. The van der Waals surface area contributed by atoms with E-state index in [1.54, 1.807) is 12.1 Å². The van der Waals surface area contributed by atoms with Gasteiger partial charge < -0.3 is 4.42 Å². The quantitative estimate of drug-likeness (QED) is 0.644. The van der Waals surface area contributed by atoms with Gasteiger partial charge in [0.15, 0.2) is 11.5 Å². The van der Waals surface area contributed by atoms with E-state index < -0.39 is 0 Å². The summed E-state index contributed by atoms with van der Waals surface area (Å²) in [7, 11) is 0. The predicted molar refractivity (Wildman–Crippen MR) is 47.1 cm³/mol. The molecule has 0 amide bonds. The second-order valence-corrected chi connectivity index (χ2v) is 3.12. The number of carbonyl (C=O) groups is 1. The average Bonchev–Trinajstić information content (AvgIpc) is 2.56. The maximum absolute atomic E-state index is 11.4. The molecule has 0 saturated carbocycles. The molecule has 0 spiro atoms. The maximum Gasteiger partial charge on any atom is 0.198 e. The van der Waals surface area contributed by atoms with Crippen molar-refractivity contribution in [3.63, 3.8) is 0 Å². The molecule has 0 bridgehead atoms. The van der Waals surface area contributed by atoms with Crippen LogP contribution in [0.4, 0.5) is 0 Å². The van der Waals surface area contributed by atoms with Crippen molar-refractivity contribution in [2.24, 2.45) is 5.92 Å². The van der Waals surface area contributed by atoms with E-state index in [1.807, 2.05) is 0 Å². The van der Waals surface area contributed by atoms with Crippen LogP contribution in [0.2, 0.25) is 0 Å². The Kier molecular flexibility index (Phi) is 3.09. The Morgan fingerprint density at radius 1 is 1.67 bits per heavy atom. The molecule has 0 aliphatic rings. The number of hydrogen-bond acceptors (Lipinski definition) is 2. The van der Waals surface area contributed by atoms with Crippen LogP contribution in [0.1, 0.15) is 37.2 Å². The highest BCUT2D eigenvalue weighted by molar-refractivity contribution is 5.93. The van der Waals surface area contributed by atoms with Crippen LogP contribution in [-0.4, -0.2) is 5.78 Å². The molecule has 0 aliphatic carbocycles. The van der Waals surface area contributed by atoms with E-state index in [0.717, 1.165) is 6.42 Å². The number of hydrogen-bond donors (Lipinski definition) is 0. The lowest BCUT2D eigenvalue weighted by Crippen LogP contribution is -2.03. The summed E-state index contributed by atoms with van der Waals surface area (Å²) < 4.78 is 4.99. The van der Waals surface area contributed by atoms with Gasteiger partial charge in [0.25, 0.3) is 0 Å². The highest BCUT2D eigenvalue weighted by Gasteiger charge is 2.11. The smallest absolute Gasteiger partial charge is 0.198 e. The van der Waals surface area contributed by atoms with E-state index in [9.17, 15) is 4.79 Å². The highest BCUT2D eigenvalue weighted by Crippen LogP contribution is 2.12. The van der Waals surface area contributed by atoms with Gasteiger partial charge in [-0.3, -0.25) is 4.79 Å². The predicted octanol–water partition coefficient (Wildman–Crippen LogP) is 2.90. The van der Waals surface area contributed by atoms with Crippen LogP contribution in [-0.2, 0) is 0 Å². The first kappa shape index (κ1) is 9.04. The molecule has 1 aromatic rings. The Labute approximate surface area is 72.6 Å². The molecule has 0 saturated heterocycles. The fraction of sp³-hybridized carbons (Fsp3) is 0.500. The summed E-state index contributed by atoms with van der Waals surface area (Å²) in [6.45, 7) is 4.15. The summed E-state index contributed by atoms with van der Waals surface area (Å²) in [6.07, 6.45) is 3.15. The van der Waals surface area contributed by atoms with Crippen molar-refractivity contribution < 1.29 is 9.21 Å². The lowest BCUT2D eigenvalue weighted by molar-refractivity contribution is 0.0936. The van der Waals surface area contributed by atoms with Crippen molar-refractivity contribution in [1.29, 1.82) is 0 Å². The normalized spacial score (nSPS) is 12.8. The molecule has 66 valence electrons. The Hall–Kier alpha value is -1.05. The van der Waals surface area contributed by atoms with Gasteiger partial charge in [-0.15, -0.1) is 0 Å². The molecule has 0 N–H and O–H groups in total. The van der Waals surface area contributed by atoms with E-state index in [1.165, 1.54) is 6.26 Å². The van der Waals surface area contributed by atoms with Gasteiger partial charge in [0.2, 0.25) is 0 Å². The Morgan fingerprint density at radius 3 is 2.92 bits per heavy atom. The molecule has 0 radical (unpaired) electrons. The minimum atomic E-state index is 0.106. The summed E-state index contributed by atoms with van der Waals surface area (Å²) in [5.74, 6) is 1.03. The van der Waals surface area contributed by atoms with E-state index in [4.69, 9.17) is 4.42 Å². The molecule has 1 rings (SSSR count). The van der Waals surface area contributed by atoms with Crippen molar-refractivity contribution in [3.05, 3.63) is 24.2 Å². The second kappa shape index (κ2) is 4.10. The number of rotatable bonds is 4. The first-order valence-corrected chi connectivity index (χ1v) is 4.30. The number of furan rings is 1. The third-order valence-corrected chi connectivity index (χ3v) is 2.03. The Morgan fingerprint density at radius 2 is 2.42 bits per heavy atom. The molecule has 0 fully saturated rings. The van der Waals surface area contributed by atoms with Crippen LogP contribution in [0.3, 0.4) is 0 Å². The van der Waals surface area contributed by atoms with Gasteiger partial charge in [-0.05, 0) is 18.1 Å². The Bertz CT molecular complexity index is 236. The third-order valence-electron chi connectivity index (χ3n) is 2.03. The van der Waals surface area contributed by atoms with Crippen molar-refractivity contribution in [2.45, 2.75) is 26.7 Å². The van der Waals surface area contributed by atoms with Gasteiger partial charge in [-0.25, -0.2) is 0 Å². The van der Waals surface area contributed by atoms with Crippen molar-refractivity contribution in [1.82, 2.24) is 0 Å². The topological polar surface area (TPSA) is 30.2 Å². The van der Waals surface area contributed by atoms with Crippen molar-refractivity contribution >= 4 is 5.78 Å². The summed E-state index contributed by atoms with van der Waals surface area (Å²) in [5, 5.41) is 0. The molecule has 12 heavy (non-hydrogen) atoms. The first-order valence-electron chi connectivity index (χ1n) is 4.30. The van der Waals surface area contributed by atoms with Crippen LogP contribution in [0.15, 0.2) is 22.8 Å². The SMILES string of the molecule is CCC(C)CC(=O)c1ccco1. The minimum absolute atomic E-state index is 0.106. The lowest BCUT2D eigenvalue weighted by Gasteiger charge is -2.04. The zero-order valence-electron chi connectivity index (χ0n) is 7.54. The standard InChI is InChI=1S/C10H14O2/c1-3-8(2)7-9(11)10-5-4-6-12-10/h4-6,8H,3,7H2,1-2H3. The van der Waals surface area contributed by atoms with E-state index in [2.05, 4.69) is 13.8 Å². The van der Waals surface area contributed by atoms with E-state index >= 15 is 0 Å². The average molecular weight is 166 g/mol. The van der Waals surface area contributed by atoms with Crippen LogP contribution in [0.25, 0.3) is 0 Å². The zero-order valence-corrected chi connectivity index (χ0v) is 7.54. The highest BCUT2D eigenvalue weighted by atomic mass is 16.3. The number of carbonyl (C=O) groups excluding carboxylic acids is 1. The van der Waals surface area contributed by atoms with Gasteiger partial charge in [-0.2, -0.15) is 0 Å². The van der Waals surface area contributed by atoms with Crippen LogP contribution >= 0.6 is 0 Å². The molecular weight excluding hydrogens is 152 g/mol. The number of Topliss-reactive ketones (excluding diaryl/α,β-unsaturated/α-hetero) is 1. The summed E-state index contributed by atoms with van der Waals surface area (Å²) in [4.78, 5) is 11.4. The number of ketones is 1. The zero-order chi connectivity index (χ0) is 8.97. The monoisotopic (exact) mass is 166 g/mol. The van der Waals surface area contributed by atoms with E-state index in [-0.39, 0.29) is 5.78 Å². The minimum Gasteiger partial charge on any atom is -0.461 e. The fourth-order valence-corrected chi connectivity index (χ4v) is 0.999. The summed E-state index contributed by atoms with van der Waals surface area (Å²) >= 11 is 0. The third kappa shape index (κ3) is 2.22. The first-order chi connectivity index (χ1) is 5.74. The molecule has 1 aromatic heterocycles. The molecular formula is C10H14O2. The lowest BCUT2D eigenvalue weighted by atomic mass is 10.0. The molecule has 1 heterocycles. The van der Waals surface area contributed by atoms with Crippen molar-refractivity contribution in [2.75, 3.05) is 0 Å². The van der Waals surface area contributed by atoms with Gasteiger partial charge in [0.1, 0.15) is 0 Å². The summed E-state index contributed by atoms with van der Waals surface area (Å²) in [5.41, 5.74) is 0. The van der Waals surface area contributed by atoms with Crippen LogP contribution in [0.5, 0.6) is 0 Å². The molecule has 2 heteroatoms. The molecule has 1 atom stereocenters. The molecule has 1 unspecified atom stereocenters. The fourth-order valence-electron chi connectivity index (χ4n) is 0.999. The van der Waals surface area contributed by atoms with Crippen LogP contribution < -0.4 is 0 Å². The van der Waals surface area contributed by atoms with E-state index in [0.29, 0.717) is 18.1 Å². The van der Waals surface area contributed by atoms with Gasteiger partial charge >= 0.3 is 0 Å². The Balaban J connectivity index is 2.50. The van der Waals surface area contributed by atoms with Gasteiger partial charge in [0, 0.05) is 6.42 Å². The summed E-state index contributed by atoms with van der Waals surface area (Å²) in [6, 6.07) is 3.45. The maximum atomic E-state index is 11.4. The van der Waals surface area contributed by atoms with Gasteiger partial charge in [-0.1, -0.05) is 20.3 Å².